The van der Waals surface area contributed by atoms with Gasteiger partial charge in [0.25, 0.3) is 0 Å². The van der Waals surface area contributed by atoms with Crippen molar-refractivity contribution in [2.45, 2.75) is 51.5 Å². The highest BCUT2D eigenvalue weighted by molar-refractivity contribution is 7.89. The van der Waals surface area contributed by atoms with E-state index in [0.717, 1.165) is 12.5 Å². The van der Waals surface area contributed by atoms with E-state index in [-0.39, 0.29) is 5.75 Å². The zero-order valence-corrected chi connectivity index (χ0v) is 10.9. The van der Waals surface area contributed by atoms with E-state index in [2.05, 4.69) is 12.2 Å². The van der Waals surface area contributed by atoms with Crippen molar-refractivity contribution in [1.29, 1.82) is 0 Å². The third-order valence-corrected chi connectivity index (χ3v) is 4.26. The Balaban J connectivity index is 2.13. The highest BCUT2D eigenvalue weighted by Gasteiger charge is 2.19. The molecule has 1 aliphatic rings. The molecule has 0 spiro atoms. The topological polar surface area (TPSA) is 72.2 Å². The first-order chi connectivity index (χ1) is 7.51. The molecule has 0 saturated heterocycles. The number of hydrogen-bond acceptors (Lipinski definition) is 3. The van der Waals surface area contributed by atoms with Gasteiger partial charge in [0, 0.05) is 6.04 Å². The third-order valence-electron chi connectivity index (χ3n) is 3.40. The van der Waals surface area contributed by atoms with Gasteiger partial charge in [0.1, 0.15) is 0 Å². The van der Waals surface area contributed by atoms with Crippen LogP contribution in [0.1, 0.15) is 45.4 Å². The number of sulfonamides is 1. The minimum Gasteiger partial charge on any atom is -0.314 e. The first-order valence-corrected chi connectivity index (χ1v) is 7.96. The molecule has 16 heavy (non-hydrogen) atoms. The second-order valence-electron chi connectivity index (χ2n) is 4.81. The quantitative estimate of drug-likeness (QED) is 0.694. The van der Waals surface area contributed by atoms with Gasteiger partial charge in [0.15, 0.2) is 0 Å². The Hall–Kier alpha value is -0.130. The van der Waals surface area contributed by atoms with Crippen molar-refractivity contribution in [3.05, 3.63) is 0 Å². The number of primary sulfonamides is 1. The number of rotatable bonds is 6. The third kappa shape index (κ3) is 5.82. The van der Waals surface area contributed by atoms with Crippen molar-refractivity contribution in [2.24, 2.45) is 11.1 Å². The van der Waals surface area contributed by atoms with Crippen LogP contribution in [0, 0.1) is 5.92 Å². The summed E-state index contributed by atoms with van der Waals surface area (Å²) < 4.78 is 21.5. The van der Waals surface area contributed by atoms with Crippen molar-refractivity contribution in [1.82, 2.24) is 5.32 Å². The number of nitrogens with two attached hydrogens (primary N) is 1. The zero-order valence-electron chi connectivity index (χ0n) is 10.1. The van der Waals surface area contributed by atoms with Gasteiger partial charge >= 0.3 is 0 Å². The summed E-state index contributed by atoms with van der Waals surface area (Å²) in [4.78, 5) is 0. The Morgan fingerprint density at radius 2 is 2.12 bits per heavy atom. The van der Waals surface area contributed by atoms with Crippen LogP contribution in [-0.4, -0.2) is 26.8 Å². The Labute approximate surface area is 99.0 Å². The van der Waals surface area contributed by atoms with E-state index >= 15 is 0 Å². The lowest BCUT2D eigenvalue weighted by Crippen LogP contribution is -2.35. The maximum atomic E-state index is 10.7. The summed E-state index contributed by atoms with van der Waals surface area (Å²) >= 11 is 0. The lowest BCUT2D eigenvalue weighted by Gasteiger charge is -2.29. The van der Waals surface area contributed by atoms with Gasteiger partial charge < -0.3 is 5.32 Å². The lowest BCUT2D eigenvalue weighted by atomic mass is 9.84. The predicted octanol–water partition coefficient (Wildman–Crippen LogP) is 1.22. The summed E-state index contributed by atoms with van der Waals surface area (Å²) in [6, 6.07) is 0.583. The van der Waals surface area contributed by atoms with Crippen molar-refractivity contribution < 1.29 is 8.42 Å². The van der Waals surface area contributed by atoms with E-state index in [1.165, 1.54) is 32.1 Å². The lowest BCUT2D eigenvalue weighted by molar-refractivity contribution is 0.280. The minimum atomic E-state index is -3.28. The molecule has 0 aromatic heterocycles. The van der Waals surface area contributed by atoms with Crippen LogP contribution in [0.3, 0.4) is 0 Å². The molecule has 0 aromatic carbocycles. The highest BCUT2D eigenvalue weighted by atomic mass is 32.2. The van der Waals surface area contributed by atoms with E-state index in [1.807, 2.05) is 0 Å². The van der Waals surface area contributed by atoms with Gasteiger partial charge in [0.05, 0.1) is 5.75 Å². The first-order valence-electron chi connectivity index (χ1n) is 6.25. The Morgan fingerprint density at radius 3 is 2.75 bits per heavy atom. The molecule has 2 unspecified atom stereocenters. The molecule has 1 fully saturated rings. The number of hydrogen-bond donors (Lipinski definition) is 2. The average Bonchev–Trinajstić information content (AvgIpc) is 2.23. The highest BCUT2D eigenvalue weighted by Crippen LogP contribution is 2.26. The Bertz CT molecular complexity index is 290. The molecule has 5 heteroatoms. The van der Waals surface area contributed by atoms with E-state index in [1.54, 1.807) is 0 Å². The Kier molecular flexibility index (Phi) is 5.72. The van der Waals surface area contributed by atoms with Crippen molar-refractivity contribution in [3.8, 4) is 0 Å². The van der Waals surface area contributed by atoms with Crippen LogP contribution in [-0.2, 0) is 10.0 Å². The molecule has 1 aliphatic carbocycles. The van der Waals surface area contributed by atoms with Crippen molar-refractivity contribution >= 4 is 10.0 Å². The summed E-state index contributed by atoms with van der Waals surface area (Å²) in [5.41, 5.74) is 0. The second-order valence-corrected chi connectivity index (χ2v) is 6.55. The van der Waals surface area contributed by atoms with Crippen LogP contribution in [0.4, 0.5) is 0 Å². The van der Waals surface area contributed by atoms with Crippen LogP contribution in [0.15, 0.2) is 0 Å². The summed E-state index contributed by atoms with van der Waals surface area (Å²) in [5.74, 6) is 0.939. The van der Waals surface area contributed by atoms with Gasteiger partial charge in [-0.15, -0.1) is 0 Å². The van der Waals surface area contributed by atoms with Gasteiger partial charge in [-0.05, 0) is 31.7 Å². The summed E-state index contributed by atoms with van der Waals surface area (Å²) in [7, 11) is -3.28. The SMILES string of the molecule is CCC1CCCC(NCCCS(N)(=O)=O)C1. The Morgan fingerprint density at radius 1 is 1.38 bits per heavy atom. The molecule has 1 rings (SSSR count). The first kappa shape index (κ1) is 13.9. The normalized spacial score (nSPS) is 26.9. The molecular weight excluding hydrogens is 224 g/mol. The molecule has 1 saturated carbocycles. The fourth-order valence-electron chi connectivity index (χ4n) is 2.43. The molecule has 0 radical (unpaired) electrons. The minimum absolute atomic E-state index is 0.0872. The van der Waals surface area contributed by atoms with Gasteiger partial charge in [-0.3, -0.25) is 0 Å². The average molecular weight is 248 g/mol. The van der Waals surface area contributed by atoms with Crippen molar-refractivity contribution in [3.63, 3.8) is 0 Å². The fourth-order valence-corrected chi connectivity index (χ4v) is 2.97. The monoisotopic (exact) mass is 248 g/mol. The smallest absolute Gasteiger partial charge is 0.209 e. The van der Waals surface area contributed by atoms with Crippen molar-refractivity contribution in [2.75, 3.05) is 12.3 Å². The molecule has 2 atom stereocenters. The zero-order chi connectivity index (χ0) is 12.0. The second kappa shape index (κ2) is 6.57. The van der Waals surface area contributed by atoms with Gasteiger partial charge in [-0.2, -0.15) is 0 Å². The molecule has 96 valence electrons. The van der Waals surface area contributed by atoms with E-state index < -0.39 is 10.0 Å². The standard InChI is InChI=1S/C11H24N2O2S/c1-2-10-5-3-6-11(9-10)13-7-4-8-16(12,14)15/h10-11,13H,2-9H2,1H3,(H2,12,14,15). The van der Waals surface area contributed by atoms with Gasteiger partial charge in [-0.25, -0.2) is 13.6 Å². The maximum absolute atomic E-state index is 10.7. The van der Waals surface area contributed by atoms with Crippen LogP contribution < -0.4 is 10.5 Å². The molecular formula is C11H24N2O2S. The molecule has 0 bridgehead atoms. The van der Waals surface area contributed by atoms with Gasteiger partial charge in [0.2, 0.25) is 10.0 Å². The fraction of sp³-hybridized carbons (Fsp3) is 1.00. The van der Waals surface area contributed by atoms with Crippen LogP contribution in [0.25, 0.3) is 0 Å². The summed E-state index contributed by atoms with van der Waals surface area (Å²) in [5, 5.41) is 8.38. The van der Waals surface area contributed by atoms with Crippen LogP contribution >= 0.6 is 0 Å². The predicted molar refractivity (Wildman–Crippen MR) is 66.6 cm³/mol. The van der Waals surface area contributed by atoms with Crippen LogP contribution in [0.2, 0.25) is 0 Å². The van der Waals surface area contributed by atoms with Crippen LogP contribution in [0.5, 0.6) is 0 Å². The largest absolute Gasteiger partial charge is 0.314 e. The van der Waals surface area contributed by atoms with E-state index in [0.29, 0.717) is 12.5 Å². The molecule has 4 nitrogen and oxygen atoms in total. The molecule has 3 N–H and O–H groups in total. The van der Waals surface area contributed by atoms with E-state index in [4.69, 9.17) is 5.14 Å². The molecule has 0 aliphatic heterocycles. The molecule has 0 heterocycles. The molecule has 0 aromatic rings. The summed E-state index contributed by atoms with van der Waals surface area (Å²) in [6.45, 7) is 3.01. The van der Waals surface area contributed by atoms with Gasteiger partial charge in [-0.1, -0.05) is 26.2 Å². The molecule has 0 amide bonds. The summed E-state index contributed by atoms with van der Waals surface area (Å²) in [6.07, 6.45) is 7.00. The maximum Gasteiger partial charge on any atom is 0.209 e. The number of nitrogens with one attached hydrogen (secondary N) is 1. The van der Waals surface area contributed by atoms with E-state index in [9.17, 15) is 8.42 Å².